The SMILES string of the molecule is CC(C)[Si](C)(Cl)O[SiH3]. The Balaban J connectivity index is 3.71. The van der Waals surface area contributed by atoms with Crippen LogP contribution in [-0.4, -0.2) is 18.1 Å². The third-order valence-corrected chi connectivity index (χ3v) is 9.38. The highest BCUT2D eigenvalue weighted by molar-refractivity contribution is 7.17. The lowest BCUT2D eigenvalue weighted by Crippen LogP contribution is -2.29. The Hall–Kier alpha value is 0.684. The largest absolute Gasteiger partial charge is 0.453 e. The molecule has 0 aliphatic carbocycles. The van der Waals surface area contributed by atoms with Gasteiger partial charge < -0.3 is 4.12 Å². The van der Waals surface area contributed by atoms with Crippen molar-refractivity contribution in [1.82, 2.24) is 0 Å². The first kappa shape index (κ1) is 8.68. The Kier molecular flexibility index (Phi) is 3.26. The van der Waals surface area contributed by atoms with Crippen molar-refractivity contribution in [1.29, 1.82) is 0 Å². The second-order valence-corrected chi connectivity index (χ2v) is 9.36. The van der Waals surface area contributed by atoms with Gasteiger partial charge in [-0.05, 0) is 12.1 Å². The third-order valence-electron chi connectivity index (χ3n) is 1.43. The van der Waals surface area contributed by atoms with Gasteiger partial charge in [-0.1, -0.05) is 13.8 Å². The van der Waals surface area contributed by atoms with Gasteiger partial charge in [0.1, 0.15) is 10.5 Å². The van der Waals surface area contributed by atoms with Gasteiger partial charge >= 0.3 is 0 Å². The summed E-state index contributed by atoms with van der Waals surface area (Å²) in [7, 11) is -0.946. The molecule has 4 heteroatoms. The molecule has 0 saturated heterocycles. The van der Waals surface area contributed by atoms with Crippen LogP contribution in [0.2, 0.25) is 12.1 Å². The predicted molar refractivity (Wildman–Crippen MR) is 43.6 cm³/mol. The maximum absolute atomic E-state index is 6.01. The fourth-order valence-corrected chi connectivity index (χ4v) is 2.12. The van der Waals surface area contributed by atoms with Crippen LogP contribution in [0.5, 0.6) is 0 Å². The molecule has 0 aromatic heterocycles. The molecule has 1 nitrogen and oxygen atoms in total. The molecule has 1 unspecified atom stereocenters. The van der Waals surface area contributed by atoms with Crippen LogP contribution in [0.4, 0.5) is 0 Å². The van der Waals surface area contributed by atoms with E-state index in [4.69, 9.17) is 15.2 Å². The van der Waals surface area contributed by atoms with Gasteiger partial charge in [-0.25, -0.2) is 0 Å². The lowest BCUT2D eigenvalue weighted by Gasteiger charge is -2.21. The maximum atomic E-state index is 6.01. The minimum absolute atomic E-state index is 0.529. The fourth-order valence-electron chi connectivity index (χ4n) is 0.236. The average molecular weight is 169 g/mol. The molecule has 0 saturated carbocycles. The summed E-state index contributed by atoms with van der Waals surface area (Å²) < 4.78 is 5.24. The van der Waals surface area contributed by atoms with Crippen LogP contribution in [0.25, 0.3) is 0 Å². The van der Waals surface area contributed by atoms with Crippen molar-refractivity contribution >= 4 is 29.2 Å². The van der Waals surface area contributed by atoms with E-state index in [-0.39, 0.29) is 0 Å². The molecule has 0 rings (SSSR count). The van der Waals surface area contributed by atoms with Crippen molar-refractivity contribution in [2.24, 2.45) is 0 Å². The standard InChI is InChI=1S/C4H13ClOSi2/c1-4(2)8(3,5)6-7/h4H,1-3,7H3. The molecule has 0 bridgehead atoms. The third kappa shape index (κ3) is 2.30. The molecular formula is C4H13ClOSi2. The van der Waals surface area contributed by atoms with Gasteiger partial charge in [0.15, 0.2) is 0 Å². The molecule has 0 N–H and O–H groups in total. The van der Waals surface area contributed by atoms with Crippen molar-refractivity contribution in [3.05, 3.63) is 0 Å². The Morgan fingerprint density at radius 3 is 2.00 bits per heavy atom. The Morgan fingerprint density at radius 1 is 1.62 bits per heavy atom. The van der Waals surface area contributed by atoms with Crippen LogP contribution in [-0.2, 0) is 4.12 Å². The van der Waals surface area contributed by atoms with Crippen molar-refractivity contribution in [3.63, 3.8) is 0 Å². The topological polar surface area (TPSA) is 9.23 Å². The first-order chi connectivity index (χ1) is 3.50. The van der Waals surface area contributed by atoms with E-state index in [0.29, 0.717) is 5.54 Å². The monoisotopic (exact) mass is 168 g/mol. The predicted octanol–water partition coefficient (Wildman–Crippen LogP) is 1.00. The summed E-state index contributed by atoms with van der Waals surface area (Å²) in [4.78, 5) is 0. The molecule has 0 aromatic rings. The summed E-state index contributed by atoms with van der Waals surface area (Å²) in [6.07, 6.45) is 0. The first-order valence-electron chi connectivity index (χ1n) is 2.74. The van der Waals surface area contributed by atoms with Crippen LogP contribution in [0.1, 0.15) is 13.8 Å². The molecule has 0 aliphatic heterocycles. The summed E-state index contributed by atoms with van der Waals surface area (Å²) in [5.74, 6) is 0. The lowest BCUT2D eigenvalue weighted by atomic mass is 10.6. The van der Waals surface area contributed by atoms with E-state index >= 15 is 0 Å². The zero-order valence-corrected chi connectivity index (χ0v) is 9.62. The van der Waals surface area contributed by atoms with Gasteiger partial charge in [-0.3, -0.25) is 0 Å². The zero-order valence-electron chi connectivity index (χ0n) is 5.86. The molecule has 0 radical (unpaired) electrons. The highest BCUT2D eigenvalue weighted by atomic mass is 35.6. The van der Waals surface area contributed by atoms with Crippen molar-refractivity contribution in [2.45, 2.75) is 25.9 Å². The van der Waals surface area contributed by atoms with E-state index in [1.165, 1.54) is 0 Å². The van der Waals surface area contributed by atoms with E-state index in [0.717, 1.165) is 10.5 Å². The lowest BCUT2D eigenvalue weighted by molar-refractivity contribution is 0.606. The minimum Gasteiger partial charge on any atom is -0.453 e. The van der Waals surface area contributed by atoms with Crippen LogP contribution in [0, 0.1) is 0 Å². The number of hydrogen-bond donors (Lipinski definition) is 0. The van der Waals surface area contributed by atoms with E-state index in [1.807, 2.05) is 6.55 Å². The number of halogens is 1. The number of rotatable bonds is 2. The van der Waals surface area contributed by atoms with Crippen molar-refractivity contribution < 1.29 is 4.12 Å². The molecule has 0 spiro atoms. The van der Waals surface area contributed by atoms with Crippen molar-refractivity contribution in [2.75, 3.05) is 0 Å². The molecule has 0 aromatic carbocycles. The smallest absolute Gasteiger partial charge is 0.279 e. The fraction of sp³-hybridized carbons (Fsp3) is 1.00. The van der Waals surface area contributed by atoms with Gasteiger partial charge in [0.25, 0.3) is 7.63 Å². The van der Waals surface area contributed by atoms with Crippen molar-refractivity contribution in [3.8, 4) is 0 Å². The molecular weight excluding hydrogens is 156 g/mol. The summed E-state index contributed by atoms with van der Waals surface area (Å²) in [5.41, 5.74) is 0.529. The summed E-state index contributed by atoms with van der Waals surface area (Å²) >= 11 is 6.01. The van der Waals surface area contributed by atoms with E-state index in [9.17, 15) is 0 Å². The first-order valence-corrected chi connectivity index (χ1v) is 7.06. The Labute approximate surface area is 59.8 Å². The molecule has 0 amide bonds. The van der Waals surface area contributed by atoms with E-state index in [2.05, 4.69) is 13.8 Å². The normalized spacial score (nSPS) is 19.1. The summed E-state index contributed by atoms with van der Waals surface area (Å²) in [6.45, 7) is 6.25. The Bertz CT molecular complexity index is 74.4. The molecule has 50 valence electrons. The average Bonchev–Trinajstić information content (AvgIpc) is 1.67. The van der Waals surface area contributed by atoms with Crippen LogP contribution < -0.4 is 0 Å². The van der Waals surface area contributed by atoms with Gasteiger partial charge in [-0.2, -0.15) is 0 Å². The van der Waals surface area contributed by atoms with Gasteiger partial charge in [-0.15, -0.1) is 11.1 Å². The molecule has 8 heavy (non-hydrogen) atoms. The summed E-state index contributed by atoms with van der Waals surface area (Å²) in [6, 6.07) is 0. The highest BCUT2D eigenvalue weighted by Gasteiger charge is 2.27. The molecule has 1 atom stereocenters. The second kappa shape index (κ2) is 3.01. The Morgan fingerprint density at radius 2 is 2.00 bits per heavy atom. The molecule has 0 fully saturated rings. The highest BCUT2D eigenvalue weighted by Crippen LogP contribution is 2.23. The van der Waals surface area contributed by atoms with Gasteiger partial charge in [0.05, 0.1) is 0 Å². The summed E-state index contributed by atoms with van der Waals surface area (Å²) in [5, 5.41) is 0. The zero-order chi connectivity index (χ0) is 6.78. The van der Waals surface area contributed by atoms with E-state index in [1.54, 1.807) is 0 Å². The number of hydrogen-bond acceptors (Lipinski definition) is 1. The molecule has 0 heterocycles. The van der Waals surface area contributed by atoms with Gasteiger partial charge in [0, 0.05) is 0 Å². The van der Waals surface area contributed by atoms with Crippen LogP contribution >= 0.6 is 11.1 Å². The van der Waals surface area contributed by atoms with Crippen LogP contribution in [0.15, 0.2) is 0 Å². The van der Waals surface area contributed by atoms with E-state index < -0.39 is 7.63 Å². The van der Waals surface area contributed by atoms with Crippen LogP contribution in [0.3, 0.4) is 0 Å². The van der Waals surface area contributed by atoms with Gasteiger partial charge in [0.2, 0.25) is 0 Å². The molecule has 0 aliphatic rings. The second-order valence-electron chi connectivity index (χ2n) is 2.34. The quantitative estimate of drug-likeness (QED) is 0.442. The minimum atomic E-state index is -1.72. The maximum Gasteiger partial charge on any atom is 0.279 e.